The molecule has 1 nitrogen and oxygen atoms in total. The van der Waals surface area contributed by atoms with Crippen molar-refractivity contribution in [1.29, 1.82) is 0 Å². The van der Waals surface area contributed by atoms with Crippen molar-refractivity contribution in [2.24, 2.45) is 11.8 Å². The molecule has 1 aliphatic carbocycles. The smallest absolute Gasteiger partial charge is 0.123 e. The van der Waals surface area contributed by atoms with Crippen LogP contribution in [0.1, 0.15) is 38.7 Å². The number of nitrogens with one attached hydrogen (secondary N) is 1. The van der Waals surface area contributed by atoms with Crippen LogP contribution in [0.3, 0.4) is 0 Å². The first-order chi connectivity index (χ1) is 9.10. The second-order valence-corrected chi connectivity index (χ2v) is 6.64. The first-order valence-corrected chi connectivity index (χ1v) is 8.06. The van der Waals surface area contributed by atoms with Crippen molar-refractivity contribution in [2.45, 2.75) is 45.6 Å². The third kappa shape index (κ3) is 4.03. The third-order valence-electron chi connectivity index (χ3n) is 4.22. The summed E-state index contributed by atoms with van der Waals surface area (Å²) >= 11 is 3.54. The number of rotatable bonds is 5. The molecule has 3 unspecified atom stereocenters. The van der Waals surface area contributed by atoms with E-state index in [1.807, 2.05) is 6.07 Å². The standard InChI is InChI=1S/C16H23BrFN/c1-3-19-16(12-5-4-11(2)8-12)10-13-9-14(18)6-7-15(13)17/h6-7,9,11-12,16,19H,3-5,8,10H2,1-2H3. The summed E-state index contributed by atoms with van der Waals surface area (Å²) in [4.78, 5) is 0. The van der Waals surface area contributed by atoms with Crippen LogP contribution in [-0.4, -0.2) is 12.6 Å². The maximum Gasteiger partial charge on any atom is 0.123 e. The molecule has 0 heterocycles. The van der Waals surface area contributed by atoms with Crippen LogP contribution in [0.25, 0.3) is 0 Å². The minimum absolute atomic E-state index is 0.145. The van der Waals surface area contributed by atoms with Gasteiger partial charge in [0.15, 0.2) is 0 Å². The van der Waals surface area contributed by atoms with Crippen molar-refractivity contribution in [3.05, 3.63) is 34.1 Å². The Bertz CT molecular complexity index is 421. The molecule has 1 aromatic rings. The summed E-state index contributed by atoms with van der Waals surface area (Å²) in [6.45, 7) is 5.45. The highest BCUT2D eigenvalue weighted by Crippen LogP contribution is 2.34. The van der Waals surface area contributed by atoms with E-state index in [4.69, 9.17) is 0 Å². The molecule has 0 radical (unpaired) electrons. The van der Waals surface area contributed by atoms with Crippen LogP contribution < -0.4 is 5.32 Å². The fourth-order valence-electron chi connectivity index (χ4n) is 3.22. The summed E-state index contributed by atoms with van der Waals surface area (Å²) < 4.78 is 14.4. The predicted molar refractivity (Wildman–Crippen MR) is 81.8 cm³/mol. The zero-order chi connectivity index (χ0) is 13.8. The van der Waals surface area contributed by atoms with Gasteiger partial charge in [0.2, 0.25) is 0 Å². The molecule has 1 aliphatic rings. The van der Waals surface area contributed by atoms with Gasteiger partial charge in [-0.05, 0) is 61.4 Å². The Morgan fingerprint density at radius 1 is 1.42 bits per heavy atom. The molecule has 19 heavy (non-hydrogen) atoms. The van der Waals surface area contributed by atoms with Crippen LogP contribution >= 0.6 is 15.9 Å². The van der Waals surface area contributed by atoms with Crippen molar-refractivity contribution >= 4 is 15.9 Å². The van der Waals surface area contributed by atoms with Crippen molar-refractivity contribution < 1.29 is 4.39 Å². The zero-order valence-electron chi connectivity index (χ0n) is 11.8. The van der Waals surface area contributed by atoms with Crippen molar-refractivity contribution in [3.63, 3.8) is 0 Å². The van der Waals surface area contributed by atoms with E-state index in [0.717, 1.165) is 34.8 Å². The van der Waals surface area contributed by atoms with E-state index >= 15 is 0 Å². The summed E-state index contributed by atoms with van der Waals surface area (Å²) in [6, 6.07) is 5.44. The lowest BCUT2D eigenvalue weighted by Gasteiger charge is -2.25. The molecular formula is C16H23BrFN. The van der Waals surface area contributed by atoms with Gasteiger partial charge in [-0.15, -0.1) is 0 Å². The zero-order valence-corrected chi connectivity index (χ0v) is 13.3. The van der Waals surface area contributed by atoms with Gasteiger partial charge in [-0.25, -0.2) is 4.39 Å². The third-order valence-corrected chi connectivity index (χ3v) is 4.99. The molecule has 0 spiro atoms. The largest absolute Gasteiger partial charge is 0.314 e. The highest BCUT2D eigenvalue weighted by molar-refractivity contribution is 9.10. The summed E-state index contributed by atoms with van der Waals surface area (Å²) in [5.74, 6) is 1.42. The predicted octanol–water partition coefficient (Wildman–Crippen LogP) is 4.55. The Hall–Kier alpha value is -0.410. The second kappa shape index (κ2) is 6.85. The fraction of sp³-hybridized carbons (Fsp3) is 0.625. The molecule has 0 aliphatic heterocycles. The lowest BCUT2D eigenvalue weighted by Crippen LogP contribution is -2.37. The number of halogens is 2. The van der Waals surface area contributed by atoms with E-state index < -0.39 is 0 Å². The van der Waals surface area contributed by atoms with E-state index in [-0.39, 0.29) is 5.82 Å². The lowest BCUT2D eigenvalue weighted by atomic mass is 9.91. The monoisotopic (exact) mass is 327 g/mol. The quantitative estimate of drug-likeness (QED) is 0.836. The molecule has 1 aromatic carbocycles. The van der Waals surface area contributed by atoms with Crippen LogP contribution in [0.4, 0.5) is 4.39 Å². The van der Waals surface area contributed by atoms with Crippen LogP contribution in [0.15, 0.2) is 22.7 Å². The summed E-state index contributed by atoms with van der Waals surface area (Å²) in [6.07, 6.45) is 4.83. The Morgan fingerprint density at radius 2 is 2.21 bits per heavy atom. The lowest BCUT2D eigenvalue weighted by molar-refractivity contribution is 0.353. The van der Waals surface area contributed by atoms with Crippen molar-refractivity contribution in [3.8, 4) is 0 Å². The Kier molecular flexibility index (Phi) is 5.40. The van der Waals surface area contributed by atoms with E-state index in [2.05, 4.69) is 35.1 Å². The average molecular weight is 328 g/mol. The molecule has 0 saturated heterocycles. The van der Waals surface area contributed by atoms with Gasteiger partial charge in [-0.1, -0.05) is 36.2 Å². The molecule has 1 saturated carbocycles. The maximum atomic E-state index is 13.4. The van der Waals surface area contributed by atoms with Gasteiger partial charge in [-0.3, -0.25) is 0 Å². The maximum absolute atomic E-state index is 13.4. The fourth-order valence-corrected chi connectivity index (χ4v) is 3.63. The van der Waals surface area contributed by atoms with E-state index in [1.165, 1.54) is 25.3 Å². The Labute approximate surface area is 124 Å². The Balaban J connectivity index is 2.09. The molecule has 1 fully saturated rings. The van der Waals surface area contributed by atoms with Crippen LogP contribution in [-0.2, 0) is 6.42 Å². The van der Waals surface area contributed by atoms with Crippen molar-refractivity contribution in [2.75, 3.05) is 6.54 Å². The number of benzene rings is 1. The first kappa shape index (κ1) is 15.0. The summed E-state index contributed by atoms with van der Waals surface area (Å²) in [5.41, 5.74) is 1.07. The molecule has 0 amide bonds. The van der Waals surface area contributed by atoms with Gasteiger partial charge in [-0.2, -0.15) is 0 Å². The van der Waals surface area contributed by atoms with Crippen molar-refractivity contribution in [1.82, 2.24) is 5.32 Å². The van der Waals surface area contributed by atoms with E-state index in [1.54, 1.807) is 6.07 Å². The van der Waals surface area contributed by atoms with Gasteiger partial charge < -0.3 is 5.32 Å². The van der Waals surface area contributed by atoms with Gasteiger partial charge >= 0.3 is 0 Å². The van der Waals surface area contributed by atoms with Crippen LogP contribution in [0, 0.1) is 17.7 Å². The SMILES string of the molecule is CCNC(Cc1cc(F)ccc1Br)C1CCC(C)C1. The molecule has 106 valence electrons. The van der Waals surface area contributed by atoms with Gasteiger partial charge in [0, 0.05) is 10.5 Å². The highest BCUT2D eigenvalue weighted by Gasteiger charge is 2.28. The molecule has 0 bridgehead atoms. The van der Waals surface area contributed by atoms with Gasteiger partial charge in [0.25, 0.3) is 0 Å². The minimum atomic E-state index is -0.145. The molecule has 0 aromatic heterocycles. The summed E-state index contributed by atoms with van der Waals surface area (Å²) in [7, 11) is 0. The molecule has 1 N–H and O–H groups in total. The summed E-state index contributed by atoms with van der Waals surface area (Å²) in [5, 5.41) is 3.60. The van der Waals surface area contributed by atoms with E-state index in [0.29, 0.717) is 6.04 Å². The van der Waals surface area contributed by atoms with Gasteiger partial charge in [0.1, 0.15) is 5.82 Å². The molecule has 3 atom stereocenters. The van der Waals surface area contributed by atoms with Gasteiger partial charge in [0.05, 0.1) is 0 Å². The van der Waals surface area contributed by atoms with Crippen LogP contribution in [0.5, 0.6) is 0 Å². The topological polar surface area (TPSA) is 12.0 Å². The number of hydrogen-bond donors (Lipinski definition) is 1. The normalized spacial score (nSPS) is 24.6. The molecule has 2 rings (SSSR count). The second-order valence-electron chi connectivity index (χ2n) is 5.78. The minimum Gasteiger partial charge on any atom is -0.314 e. The average Bonchev–Trinajstić information content (AvgIpc) is 2.80. The number of hydrogen-bond acceptors (Lipinski definition) is 1. The molecule has 3 heteroatoms. The first-order valence-electron chi connectivity index (χ1n) is 7.27. The number of likely N-dealkylation sites (N-methyl/N-ethyl adjacent to an activating group) is 1. The Morgan fingerprint density at radius 3 is 2.84 bits per heavy atom. The van der Waals surface area contributed by atoms with E-state index in [9.17, 15) is 4.39 Å². The molecular weight excluding hydrogens is 305 g/mol. The van der Waals surface area contributed by atoms with Crippen LogP contribution in [0.2, 0.25) is 0 Å². The highest BCUT2D eigenvalue weighted by atomic mass is 79.9.